The van der Waals surface area contributed by atoms with E-state index >= 15 is 0 Å². The van der Waals surface area contributed by atoms with Crippen LogP contribution in [0.5, 0.6) is 5.75 Å². The first-order valence-electron chi connectivity index (χ1n) is 8.20. The predicted octanol–water partition coefficient (Wildman–Crippen LogP) is 1.58. The number of nitrogens with one attached hydrogen (secondary N) is 1. The Labute approximate surface area is 156 Å². The maximum atomic E-state index is 12.8. The minimum atomic E-state index is -3.70. The van der Waals surface area contributed by atoms with E-state index in [0.29, 0.717) is 38.7 Å². The van der Waals surface area contributed by atoms with Gasteiger partial charge in [0.05, 0.1) is 19.8 Å². The smallest absolute Gasteiger partial charge is 0.262 e. The molecular weight excluding hydrogens is 376 g/mol. The van der Waals surface area contributed by atoms with Crippen molar-refractivity contribution in [3.63, 3.8) is 0 Å². The van der Waals surface area contributed by atoms with E-state index in [1.54, 1.807) is 5.38 Å². The largest absolute Gasteiger partial charge is 0.492 e. The minimum absolute atomic E-state index is 0.0471. The standard InChI is InChI=1S/C17H20N2O5S2/c20-17(18-7-10-24-14-4-2-1-3-5-14)16-15(6-13-25-16)26(21,22)19-8-11-23-12-9-19/h1-6,13H,7-12H2,(H,18,20). The van der Waals surface area contributed by atoms with Gasteiger partial charge in [-0.05, 0) is 23.6 Å². The fourth-order valence-electron chi connectivity index (χ4n) is 2.52. The van der Waals surface area contributed by atoms with Crippen molar-refractivity contribution in [2.45, 2.75) is 4.90 Å². The monoisotopic (exact) mass is 396 g/mol. The van der Waals surface area contributed by atoms with E-state index in [4.69, 9.17) is 9.47 Å². The maximum Gasteiger partial charge on any atom is 0.262 e. The Bertz CT molecular complexity index is 830. The van der Waals surface area contributed by atoms with Gasteiger partial charge in [-0.2, -0.15) is 4.31 Å². The van der Waals surface area contributed by atoms with E-state index in [2.05, 4.69) is 5.32 Å². The molecule has 9 heteroatoms. The zero-order chi connectivity index (χ0) is 18.4. The lowest BCUT2D eigenvalue weighted by Gasteiger charge is -2.26. The minimum Gasteiger partial charge on any atom is -0.492 e. The summed E-state index contributed by atoms with van der Waals surface area (Å²) < 4.78 is 37.6. The van der Waals surface area contributed by atoms with Crippen LogP contribution in [-0.4, -0.2) is 58.1 Å². The molecule has 3 rings (SSSR count). The summed E-state index contributed by atoms with van der Waals surface area (Å²) in [4.78, 5) is 12.6. The highest BCUT2D eigenvalue weighted by Gasteiger charge is 2.31. The van der Waals surface area contributed by atoms with E-state index in [0.717, 1.165) is 11.3 Å². The first-order valence-corrected chi connectivity index (χ1v) is 10.5. The number of sulfonamides is 1. The van der Waals surface area contributed by atoms with Crippen LogP contribution in [-0.2, 0) is 14.8 Å². The summed E-state index contributed by atoms with van der Waals surface area (Å²) in [5, 5.41) is 4.32. The fourth-order valence-corrected chi connectivity index (χ4v) is 5.25. The number of hydrogen-bond donors (Lipinski definition) is 1. The van der Waals surface area contributed by atoms with Gasteiger partial charge >= 0.3 is 0 Å². The third-order valence-corrected chi connectivity index (χ3v) is 6.81. The van der Waals surface area contributed by atoms with Crippen LogP contribution in [0, 0.1) is 0 Å². The van der Waals surface area contributed by atoms with Crippen molar-refractivity contribution >= 4 is 27.3 Å². The topological polar surface area (TPSA) is 84.9 Å². The van der Waals surface area contributed by atoms with Gasteiger partial charge < -0.3 is 14.8 Å². The van der Waals surface area contributed by atoms with Gasteiger partial charge in [0.1, 0.15) is 22.1 Å². The third-order valence-electron chi connectivity index (χ3n) is 3.82. The first-order chi connectivity index (χ1) is 12.6. The molecule has 2 aromatic rings. The lowest BCUT2D eigenvalue weighted by atomic mass is 10.3. The van der Waals surface area contributed by atoms with E-state index in [-0.39, 0.29) is 16.3 Å². The van der Waals surface area contributed by atoms with Gasteiger partial charge in [0, 0.05) is 13.1 Å². The van der Waals surface area contributed by atoms with Crippen molar-refractivity contribution in [2.24, 2.45) is 0 Å². The summed E-state index contributed by atoms with van der Waals surface area (Å²) in [6.07, 6.45) is 0. The number of benzene rings is 1. The average Bonchev–Trinajstić information content (AvgIpc) is 3.17. The molecule has 0 saturated carbocycles. The summed E-state index contributed by atoms with van der Waals surface area (Å²) in [7, 11) is -3.70. The highest BCUT2D eigenvalue weighted by atomic mass is 32.2. The Balaban J connectivity index is 1.59. The molecule has 1 saturated heterocycles. The summed E-state index contributed by atoms with van der Waals surface area (Å²) in [6.45, 7) is 1.90. The molecule has 26 heavy (non-hydrogen) atoms. The van der Waals surface area contributed by atoms with Gasteiger partial charge in [-0.1, -0.05) is 18.2 Å². The van der Waals surface area contributed by atoms with E-state index in [1.165, 1.54) is 10.4 Å². The molecule has 0 radical (unpaired) electrons. The number of rotatable bonds is 7. The molecular formula is C17H20N2O5S2. The molecule has 1 fully saturated rings. The molecule has 0 spiro atoms. The molecule has 0 bridgehead atoms. The Kier molecular flexibility index (Phi) is 6.25. The van der Waals surface area contributed by atoms with Crippen LogP contribution < -0.4 is 10.1 Å². The number of amides is 1. The van der Waals surface area contributed by atoms with Crippen LogP contribution in [0.4, 0.5) is 0 Å². The normalized spacial score (nSPS) is 15.5. The van der Waals surface area contributed by atoms with Crippen molar-refractivity contribution in [3.8, 4) is 5.75 Å². The zero-order valence-electron chi connectivity index (χ0n) is 14.1. The van der Waals surface area contributed by atoms with Gasteiger partial charge in [0.2, 0.25) is 10.0 Å². The van der Waals surface area contributed by atoms with Crippen LogP contribution in [0.1, 0.15) is 9.67 Å². The average molecular weight is 396 g/mol. The third kappa shape index (κ3) is 4.42. The van der Waals surface area contributed by atoms with Gasteiger partial charge in [0.25, 0.3) is 5.91 Å². The van der Waals surface area contributed by atoms with Gasteiger partial charge in [-0.15, -0.1) is 11.3 Å². The number of carbonyl (C=O) groups excluding carboxylic acids is 1. The second kappa shape index (κ2) is 8.63. The summed E-state index contributed by atoms with van der Waals surface area (Å²) >= 11 is 1.11. The van der Waals surface area contributed by atoms with Crippen LogP contribution in [0.3, 0.4) is 0 Å². The molecule has 2 heterocycles. The molecule has 140 valence electrons. The lowest BCUT2D eigenvalue weighted by molar-refractivity contribution is 0.0730. The van der Waals surface area contributed by atoms with Crippen molar-refractivity contribution in [1.82, 2.24) is 9.62 Å². The molecule has 1 aliphatic rings. The summed E-state index contributed by atoms with van der Waals surface area (Å²) in [5.74, 6) is 0.303. The zero-order valence-corrected chi connectivity index (χ0v) is 15.7. The van der Waals surface area contributed by atoms with Gasteiger partial charge in [-0.3, -0.25) is 4.79 Å². The second-order valence-corrected chi connectivity index (χ2v) is 8.37. The molecule has 1 N–H and O–H groups in total. The van der Waals surface area contributed by atoms with Crippen molar-refractivity contribution in [1.29, 1.82) is 0 Å². The molecule has 1 aromatic heterocycles. The maximum absolute atomic E-state index is 12.8. The number of ether oxygens (including phenoxy) is 2. The summed E-state index contributed by atoms with van der Waals surface area (Å²) in [6, 6.07) is 10.7. The summed E-state index contributed by atoms with van der Waals surface area (Å²) in [5.41, 5.74) is 0. The Morgan fingerprint density at radius 1 is 1.19 bits per heavy atom. The lowest BCUT2D eigenvalue weighted by Crippen LogP contribution is -2.41. The molecule has 7 nitrogen and oxygen atoms in total. The van der Waals surface area contributed by atoms with Gasteiger partial charge in [0.15, 0.2) is 0 Å². The first kappa shape index (κ1) is 18.8. The Morgan fingerprint density at radius 2 is 1.92 bits per heavy atom. The number of nitrogens with zero attached hydrogens (tertiary/aromatic N) is 1. The second-order valence-electron chi connectivity index (χ2n) is 5.55. The van der Waals surface area contributed by atoms with Crippen LogP contribution in [0.15, 0.2) is 46.7 Å². The predicted molar refractivity (Wildman–Crippen MR) is 98.2 cm³/mol. The number of para-hydroxylation sites is 1. The fraction of sp³-hybridized carbons (Fsp3) is 0.353. The van der Waals surface area contributed by atoms with Crippen LogP contribution in [0.2, 0.25) is 0 Å². The quantitative estimate of drug-likeness (QED) is 0.719. The molecule has 0 unspecified atom stereocenters. The highest BCUT2D eigenvalue weighted by Crippen LogP contribution is 2.25. The molecule has 0 aliphatic carbocycles. The van der Waals surface area contributed by atoms with Crippen molar-refractivity contribution < 1.29 is 22.7 Å². The number of carbonyl (C=O) groups is 1. The Hall–Kier alpha value is -1.94. The van der Waals surface area contributed by atoms with E-state index in [1.807, 2.05) is 30.3 Å². The molecule has 1 aromatic carbocycles. The van der Waals surface area contributed by atoms with Gasteiger partial charge in [-0.25, -0.2) is 8.42 Å². The van der Waals surface area contributed by atoms with E-state index in [9.17, 15) is 13.2 Å². The molecule has 1 amide bonds. The highest BCUT2D eigenvalue weighted by molar-refractivity contribution is 7.89. The SMILES string of the molecule is O=C(NCCOc1ccccc1)c1sccc1S(=O)(=O)N1CCOCC1. The Morgan fingerprint density at radius 3 is 2.65 bits per heavy atom. The number of thiophene rings is 1. The van der Waals surface area contributed by atoms with Crippen LogP contribution in [0.25, 0.3) is 0 Å². The van der Waals surface area contributed by atoms with E-state index < -0.39 is 15.9 Å². The number of hydrogen-bond acceptors (Lipinski definition) is 6. The molecule has 1 aliphatic heterocycles. The van der Waals surface area contributed by atoms with Crippen molar-refractivity contribution in [3.05, 3.63) is 46.7 Å². The van der Waals surface area contributed by atoms with Crippen molar-refractivity contribution in [2.75, 3.05) is 39.5 Å². The van der Waals surface area contributed by atoms with Crippen LogP contribution >= 0.6 is 11.3 Å². The number of morpholine rings is 1. The molecule has 0 atom stereocenters.